The second-order valence-electron chi connectivity index (χ2n) is 15.6. The number of anilines is 4. The highest BCUT2D eigenvalue weighted by Gasteiger charge is 2.28. The average molecular weight is 781 g/mol. The van der Waals surface area contributed by atoms with Crippen molar-refractivity contribution in [2.75, 3.05) is 81.0 Å². The summed E-state index contributed by atoms with van der Waals surface area (Å²) in [6.07, 6.45) is 6.01. The van der Waals surface area contributed by atoms with Crippen molar-refractivity contribution in [1.29, 1.82) is 0 Å². The number of urea groups is 1. The van der Waals surface area contributed by atoms with E-state index in [1.54, 1.807) is 4.90 Å². The van der Waals surface area contributed by atoms with Gasteiger partial charge in [-0.25, -0.2) is 19.7 Å². The summed E-state index contributed by atoms with van der Waals surface area (Å²) in [5.41, 5.74) is 9.16. The second-order valence-corrected chi connectivity index (χ2v) is 15.6. The molecule has 4 aliphatic heterocycles. The topological polar surface area (TPSA) is 148 Å². The lowest BCUT2D eigenvalue weighted by Gasteiger charge is -2.37. The number of likely N-dealkylation sites (tertiary alicyclic amines) is 1. The fourth-order valence-electron chi connectivity index (χ4n) is 8.45. The minimum Gasteiger partial charge on any atom is -0.474 e. The average Bonchev–Trinajstić information content (AvgIpc) is 3.25. The van der Waals surface area contributed by atoms with E-state index in [0.717, 1.165) is 110 Å². The third kappa shape index (κ3) is 8.16. The number of ether oxygens (including phenoxy) is 1. The largest absolute Gasteiger partial charge is 0.474 e. The van der Waals surface area contributed by atoms with Gasteiger partial charge in [-0.3, -0.25) is 29.6 Å². The first-order chi connectivity index (χ1) is 28.3. The minimum atomic E-state index is -0.364. The molecule has 0 bridgehead atoms. The van der Waals surface area contributed by atoms with E-state index in [9.17, 15) is 14.4 Å². The zero-order valence-corrected chi connectivity index (χ0v) is 32.7. The standard InChI is InChI=1S/C44H48N10O4/c1-29-37(26-46-42-41(29)45-15-23-58-42)33-4-5-34-25-47-43(49-38(34)24-33)48-35-8-2-30(3-9-35)27-52-19-21-53(22-20-52)40(56)28-51-16-12-32(13-17-51)31-6-10-36(11-7-31)54-18-14-39(55)50-44(54)57/h2-11,24-26,32,45H,12-23,27-28H2,1H3,(H,47,48,49)(H,50,55,57). The molecule has 3 saturated heterocycles. The Kier molecular flexibility index (Phi) is 10.6. The van der Waals surface area contributed by atoms with Crippen molar-refractivity contribution in [2.45, 2.75) is 38.6 Å². The molecular formula is C44H48N10O4. The van der Waals surface area contributed by atoms with E-state index < -0.39 is 0 Å². The molecule has 9 rings (SSSR count). The van der Waals surface area contributed by atoms with Crippen molar-refractivity contribution < 1.29 is 19.1 Å². The maximum Gasteiger partial charge on any atom is 0.328 e. The molecule has 0 unspecified atom stereocenters. The highest BCUT2D eigenvalue weighted by molar-refractivity contribution is 6.05. The van der Waals surface area contributed by atoms with E-state index in [1.807, 2.05) is 35.5 Å². The van der Waals surface area contributed by atoms with E-state index in [-0.39, 0.29) is 17.8 Å². The van der Waals surface area contributed by atoms with E-state index in [4.69, 9.17) is 9.72 Å². The molecule has 0 saturated carbocycles. The quantitative estimate of drug-likeness (QED) is 0.174. The number of imide groups is 1. The van der Waals surface area contributed by atoms with Crippen LogP contribution in [0.5, 0.6) is 5.88 Å². The zero-order valence-electron chi connectivity index (χ0n) is 32.7. The van der Waals surface area contributed by atoms with Gasteiger partial charge in [-0.05, 0) is 91.4 Å². The number of carbonyl (C=O) groups is 3. The molecule has 0 radical (unpaired) electrons. The van der Waals surface area contributed by atoms with Gasteiger partial charge in [0, 0.05) is 87.0 Å². The SMILES string of the molecule is Cc1c(-c2ccc3cnc(Nc4ccc(CN5CCN(C(=O)CN6CCC(c7ccc(N8CCC(=O)NC8=O)cc7)CC6)CC5)cc4)nc3c2)cnc2c1NCCO2. The van der Waals surface area contributed by atoms with Gasteiger partial charge >= 0.3 is 6.03 Å². The number of piperidine rings is 1. The molecule has 3 fully saturated rings. The molecule has 298 valence electrons. The summed E-state index contributed by atoms with van der Waals surface area (Å²) < 4.78 is 5.71. The van der Waals surface area contributed by atoms with Gasteiger partial charge in [0.1, 0.15) is 12.3 Å². The lowest BCUT2D eigenvalue weighted by atomic mass is 9.89. The maximum absolute atomic E-state index is 13.3. The van der Waals surface area contributed by atoms with Crippen LogP contribution in [-0.2, 0) is 16.1 Å². The third-order valence-corrected chi connectivity index (χ3v) is 11.9. The van der Waals surface area contributed by atoms with Crippen molar-refractivity contribution in [1.82, 2.24) is 35.0 Å². The Morgan fingerprint density at radius 1 is 0.879 bits per heavy atom. The Hall–Kier alpha value is -6.12. The van der Waals surface area contributed by atoms with Crippen LogP contribution in [-0.4, -0.2) is 113 Å². The monoisotopic (exact) mass is 780 g/mol. The molecule has 5 aromatic rings. The summed E-state index contributed by atoms with van der Waals surface area (Å²) >= 11 is 0. The lowest BCUT2D eigenvalue weighted by molar-refractivity contribution is -0.134. The normalized spacial score (nSPS) is 18.0. The van der Waals surface area contributed by atoms with Gasteiger partial charge in [-0.2, -0.15) is 0 Å². The van der Waals surface area contributed by atoms with Gasteiger partial charge in [-0.1, -0.05) is 36.4 Å². The fourth-order valence-corrected chi connectivity index (χ4v) is 8.45. The fraction of sp³-hybridized carbons (Fsp3) is 0.364. The number of hydrogen-bond acceptors (Lipinski definition) is 11. The Labute approximate surface area is 337 Å². The summed E-state index contributed by atoms with van der Waals surface area (Å²) in [7, 11) is 0. The number of nitrogens with zero attached hydrogens (tertiary/aromatic N) is 7. The number of fused-ring (bicyclic) bond motifs is 2. The third-order valence-electron chi connectivity index (χ3n) is 11.9. The van der Waals surface area contributed by atoms with Gasteiger partial charge < -0.3 is 20.3 Å². The highest BCUT2D eigenvalue weighted by Crippen LogP contribution is 2.36. The smallest absolute Gasteiger partial charge is 0.328 e. The first kappa shape index (κ1) is 37.5. The molecule has 58 heavy (non-hydrogen) atoms. The van der Waals surface area contributed by atoms with Crippen molar-refractivity contribution >= 4 is 51.8 Å². The van der Waals surface area contributed by atoms with Crippen LogP contribution < -0.4 is 25.6 Å². The number of amides is 4. The first-order valence-electron chi connectivity index (χ1n) is 20.3. The molecular weight excluding hydrogens is 733 g/mol. The summed E-state index contributed by atoms with van der Waals surface area (Å²) in [4.78, 5) is 59.3. The van der Waals surface area contributed by atoms with Crippen LogP contribution in [0.1, 0.15) is 41.9 Å². The van der Waals surface area contributed by atoms with Crippen molar-refractivity contribution in [3.63, 3.8) is 0 Å². The van der Waals surface area contributed by atoms with Crippen LogP contribution in [0.2, 0.25) is 0 Å². The second kappa shape index (κ2) is 16.4. The molecule has 4 amide bonds. The molecule has 14 heteroatoms. The van der Waals surface area contributed by atoms with Gasteiger partial charge in [0.15, 0.2) is 0 Å². The highest BCUT2D eigenvalue weighted by atomic mass is 16.5. The van der Waals surface area contributed by atoms with Crippen LogP contribution in [0.25, 0.3) is 22.0 Å². The summed E-state index contributed by atoms with van der Waals surface area (Å²) in [5, 5.41) is 10.1. The Morgan fingerprint density at radius 3 is 2.45 bits per heavy atom. The number of pyridine rings is 1. The van der Waals surface area contributed by atoms with Crippen molar-refractivity contribution in [3.05, 3.63) is 95.8 Å². The van der Waals surface area contributed by atoms with Crippen LogP contribution in [0.4, 0.5) is 27.8 Å². The summed E-state index contributed by atoms with van der Waals surface area (Å²) in [6, 6.07) is 22.4. The van der Waals surface area contributed by atoms with Crippen molar-refractivity contribution in [2.24, 2.45) is 0 Å². The molecule has 6 heterocycles. The minimum absolute atomic E-state index is 0.210. The van der Waals surface area contributed by atoms with Gasteiger partial charge in [0.2, 0.25) is 23.6 Å². The number of piperazine rings is 1. The maximum atomic E-state index is 13.3. The van der Waals surface area contributed by atoms with Gasteiger partial charge in [0.05, 0.1) is 12.1 Å². The number of carbonyl (C=O) groups excluding carboxylic acids is 3. The lowest BCUT2D eigenvalue weighted by Crippen LogP contribution is -2.51. The predicted molar refractivity (Wildman–Crippen MR) is 223 cm³/mol. The predicted octanol–water partition coefficient (Wildman–Crippen LogP) is 5.52. The van der Waals surface area contributed by atoms with Gasteiger partial charge in [-0.15, -0.1) is 0 Å². The molecule has 14 nitrogen and oxygen atoms in total. The molecule has 2 aromatic heterocycles. The molecule has 0 atom stereocenters. The Bertz CT molecular complexity index is 2320. The van der Waals surface area contributed by atoms with Crippen molar-refractivity contribution in [3.8, 4) is 17.0 Å². The molecule has 4 aliphatic rings. The van der Waals surface area contributed by atoms with Crippen LogP contribution in [0.3, 0.4) is 0 Å². The number of nitrogens with one attached hydrogen (secondary N) is 3. The van der Waals surface area contributed by atoms with E-state index in [1.165, 1.54) is 11.1 Å². The van der Waals surface area contributed by atoms with E-state index >= 15 is 0 Å². The number of hydrogen-bond donors (Lipinski definition) is 3. The molecule has 3 aromatic carbocycles. The Balaban J connectivity index is 0.724. The summed E-state index contributed by atoms with van der Waals surface area (Å²) in [6.45, 7) is 10.1. The number of aromatic nitrogens is 3. The number of rotatable bonds is 9. The zero-order chi connectivity index (χ0) is 39.6. The van der Waals surface area contributed by atoms with Crippen LogP contribution >= 0.6 is 0 Å². The first-order valence-corrected chi connectivity index (χ1v) is 20.3. The van der Waals surface area contributed by atoms with E-state index in [0.29, 0.717) is 43.9 Å². The number of benzene rings is 3. The van der Waals surface area contributed by atoms with E-state index in [2.05, 4.69) is 91.2 Å². The van der Waals surface area contributed by atoms with Crippen LogP contribution in [0.15, 0.2) is 79.1 Å². The van der Waals surface area contributed by atoms with Crippen LogP contribution in [0, 0.1) is 6.92 Å². The van der Waals surface area contributed by atoms with Gasteiger partial charge in [0.25, 0.3) is 0 Å². The Morgan fingerprint density at radius 2 is 1.67 bits per heavy atom. The molecule has 0 spiro atoms. The molecule has 3 N–H and O–H groups in total. The molecule has 0 aliphatic carbocycles. The summed E-state index contributed by atoms with van der Waals surface area (Å²) in [5.74, 6) is 1.59.